The Morgan fingerprint density at radius 1 is 1.21 bits per heavy atom. The van der Waals surface area contributed by atoms with Gasteiger partial charge in [0.15, 0.2) is 10.9 Å². The van der Waals surface area contributed by atoms with Crippen LogP contribution in [-0.4, -0.2) is 11.0 Å². The van der Waals surface area contributed by atoms with E-state index in [0.717, 1.165) is 36.0 Å². The highest BCUT2D eigenvalue weighted by Gasteiger charge is 2.23. The van der Waals surface area contributed by atoms with Crippen LogP contribution in [0.15, 0.2) is 34.7 Å². The molecule has 1 aliphatic rings. The van der Waals surface area contributed by atoms with Crippen LogP contribution in [0.4, 0.5) is 5.00 Å². The largest absolute Gasteiger partial charge is 0.451 e. The number of furan rings is 1. The van der Waals surface area contributed by atoms with Crippen molar-refractivity contribution in [2.24, 2.45) is 0 Å². The average Bonchev–Trinajstić information content (AvgIpc) is 3.39. The van der Waals surface area contributed by atoms with Gasteiger partial charge in [0.05, 0.1) is 5.56 Å². The first-order valence-corrected chi connectivity index (χ1v) is 10.5. The van der Waals surface area contributed by atoms with Gasteiger partial charge in [0, 0.05) is 10.4 Å². The van der Waals surface area contributed by atoms with E-state index in [1.165, 1.54) is 21.8 Å². The maximum absolute atomic E-state index is 12.5. The van der Waals surface area contributed by atoms with Crippen LogP contribution in [0.5, 0.6) is 0 Å². The van der Waals surface area contributed by atoms with E-state index in [4.69, 9.17) is 16.6 Å². The number of fused-ring (bicyclic) bond motifs is 1. The minimum Gasteiger partial charge on any atom is -0.451 e. The molecule has 0 unspecified atom stereocenters. The van der Waals surface area contributed by atoms with Crippen LogP contribution >= 0.6 is 23.6 Å². The second-order valence-corrected chi connectivity index (χ2v) is 8.56. The van der Waals surface area contributed by atoms with Crippen molar-refractivity contribution in [3.63, 3.8) is 0 Å². The average molecular weight is 422 g/mol. The first kappa shape index (κ1) is 19.4. The molecule has 0 aliphatic heterocycles. The molecule has 1 aliphatic carbocycles. The van der Waals surface area contributed by atoms with E-state index in [1.807, 2.05) is 32.0 Å². The van der Waals surface area contributed by atoms with Crippen molar-refractivity contribution in [3.05, 3.63) is 63.2 Å². The standard InChI is InChI=1S/C22H19N3O2S2/c1-12-6-7-14(10-13(12)2)17-8-9-18(27-17)20(26)24-22(28)25-21-16(11-23)15-4-3-5-19(15)29-21/h6-10H,3-5H2,1-2H3,(H2,24,25,26,28). The number of carbonyl (C=O) groups is 1. The van der Waals surface area contributed by atoms with Crippen LogP contribution in [0.2, 0.25) is 0 Å². The molecule has 0 fully saturated rings. The maximum atomic E-state index is 12.5. The van der Waals surface area contributed by atoms with Crippen LogP contribution in [-0.2, 0) is 12.8 Å². The molecular weight excluding hydrogens is 402 g/mol. The van der Waals surface area contributed by atoms with E-state index in [2.05, 4.69) is 16.7 Å². The molecule has 3 aromatic rings. The molecule has 29 heavy (non-hydrogen) atoms. The molecule has 0 saturated carbocycles. The number of benzene rings is 1. The molecule has 146 valence electrons. The Labute approximate surface area is 178 Å². The molecule has 2 aromatic heterocycles. The molecule has 4 rings (SSSR count). The fourth-order valence-electron chi connectivity index (χ4n) is 3.42. The summed E-state index contributed by atoms with van der Waals surface area (Å²) >= 11 is 6.80. The zero-order chi connectivity index (χ0) is 20.5. The van der Waals surface area contributed by atoms with Gasteiger partial charge in [0.25, 0.3) is 5.91 Å². The number of hydrogen-bond donors (Lipinski definition) is 2. The molecule has 5 nitrogen and oxygen atoms in total. The number of nitrogens with zero attached hydrogens (tertiary/aromatic N) is 1. The number of aryl methyl sites for hydroxylation is 3. The zero-order valence-electron chi connectivity index (χ0n) is 16.1. The summed E-state index contributed by atoms with van der Waals surface area (Å²) in [6, 6.07) is 11.7. The number of nitrogens with one attached hydrogen (secondary N) is 2. The van der Waals surface area contributed by atoms with Crippen LogP contribution < -0.4 is 10.6 Å². The lowest BCUT2D eigenvalue weighted by molar-refractivity contribution is 0.0951. The molecule has 1 aromatic carbocycles. The summed E-state index contributed by atoms with van der Waals surface area (Å²) < 4.78 is 5.72. The lowest BCUT2D eigenvalue weighted by Gasteiger charge is -2.07. The minimum absolute atomic E-state index is 0.149. The van der Waals surface area contributed by atoms with Crippen LogP contribution in [0, 0.1) is 25.2 Å². The summed E-state index contributed by atoms with van der Waals surface area (Å²) in [4.78, 5) is 13.7. The molecule has 0 bridgehead atoms. The van der Waals surface area contributed by atoms with Crippen LogP contribution in [0.3, 0.4) is 0 Å². The molecule has 0 saturated heterocycles. The molecular formula is C22H19N3O2S2. The fraction of sp³-hybridized carbons (Fsp3) is 0.227. The smallest absolute Gasteiger partial charge is 0.293 e. The number of carbonyl (C=O) groups excluding carboxylic acids is 1. The molecule has 2 N–H and O–H groups in total. The van der Waals surface area contributed by atoms with Crippen LogP contribution in [0.1, 0.15) is 44.1 Å². The van der Waals surface area contributed by atoms with Gasteiger partial charge in [0.2, 0.25) is 0 Å². The van der Waals surface area contributed by atoms with Gasteiger partial charge in [-0.1, -0.05) is 12.1 Å². The summed E-state index contributed by atoms with van der Waals surface area (Å²) in [6.07, 6.45) is 2.99. The minimum atomic E-state index is -0.430. The third-order valence-corrected chi connectivity index (χ3v) is 6.52. The Bertz CT molecular complexity index is 1170. The topological polar surface area (TPSA) is 78.1 Å². The summed E-state index contributed by atoms with van der Waals surface area (Å²) in [7, 11) is 0. The second kappa shape index (κ2) is 7.82. The summed E-state index contributed by atoms with van der Waals surface area (Å²) in [5.74, 6) is 0.371. The number of nitriles is 1. The molecule has 0 atom stereocenters. The van der Waals surface area contributed by atoms with Gasteiger partial charge in [-0.15, -0.1) is 11.3 Å². The molecule has 7 heteroatoms. The van der Waals surface area contributed by atoms with Gasteiger partial charge in [-0.25, -0.2) is 0 Å². The molecule has 0 radical (unpaired) electrons. The Kier molecular flexibility index (Phi) is 5.22. The monoisotopic (exact) mass is 421 g/mol. The van der Waals surface area contributed by atoms with E-state index in [0.29, 0.717) is 16.3 Å². The summed E-state index contributed by atoms with van der Waals surface area (Å²) in [5, 5.41) is 15.9. The fourth-order valence-corrected chi connectivity index (χ4v) is 4.92. The third kappa shape index (κ3) is 3.82. The Morgan fingerprint density at radius 2 is 2.03 bits per heavy atom. The van der Waals surface area contributed by atoms with E-state index >= 15 is 0 Å². The van der Waals surface area contributed by atoms with Gasteiger partial charge < -0.3 is 9.73 Å². The van der Waals surface area contributed by atoms with Crippen molar-refractivity contribution in [2.75, 3.05) is 5.32 Å². The normalized spacial score (nSPS) is 12.3. The lowest BCUT2D eigenvalue weighted by atomic mass is 10.1. The van der Waals surface area contributed by atoms with Crippen LogP contribution in [0.25, 0.3) is 11.3 Å². The van der Waals surface area contributed by atoms with E-state index < -0.39 is 5.91 Å². The van der Waals surface area contributed by atoms with Gasteiger partial charge in [0.1, 0.15) is 16.8 Å². The van der Waals surface area contributed by atoms with E-state index in [9.17, 15) is 10.1 Å². The van der Waals surface area contributed by atoms with Gasteiger partial charge in [-0.2, -0.15) is 5.26 Å². The van der Waals surface area contributed by atoms with Crippen molar-refractivity contribution < 1.29 is 9.21 Å². The zero-order valence-corrected chi connectivity index (χ0v) is 17.7. The van der Waals surface area contributed by atoms with E-state index in [1.54, 1.807) is 12.1 Å². The van der Waals surface area contributed by atoms with Crippen molar-refractivity contribution in [2.45, 2.75) is 33.1 Å². The lowest BCUT2D eigenvalue weighted by Crippen LogP contribution is -2.33. The number of rotatable bonds is 3. The SMILES string of the molecule is Cc1ccc(-c2ccc(C(=O)NC(=S)Nc3sc4c(c3C#N)CCC4)o2)cc1C. The molecule has 0 spiro atoms. The number of hydrogen-bond acceptors (Lipinski definition) is 5. The highest BCUT2D eigenvalue weighted by molar-refractivity contribution is 7.80. The predicted octanol–water partition coefficient (Wildman–Crippen LogP) is 5.11. The first-order chi connectivity index (χ1) is 14.0. The number of amides is 1. The van der Waals surface area contributed by atoms with Crippen molar-refractivity contribution in [1.29, 1.82) is 5.26 Å². The molecule has 2 heterocycles. The summed E-state index contributed by atoms with van der Waals surface area (Å²) in [6.45, 7) is 4.09. The quantitative estimate of drug-likeness (QED) is 0.575. The van der Waals surface area contributed by atoms with Gasteiger partial charge in [-0.05, 0) is 80.2 Å². The molecule has 1 amide bonds. The highest BCUT2D eigenvalue weighted by Crippen LogP contribution is 2.38. The van der Waals surface area contributed by atoms with Gasteiger partial charge in [-0.3, -0.25) is 10.1 Å². The second-order valence-electron chi connectivity index (χ2n) is 7.04. The predicted molar refractivity (Wildman–Crippen MR) is 118 cm³/mol. The Balaban J connectivity index is 1.45. The van der Waals surface area contributed by atoms with Crippen molar-refractivity contribution >= 4 is 39.6 Å². The number of thiophene rings is 1. The Morgan fingerprint density at radius 3 is 2.79 bits per heavy atom. The third-order valence-electron chi connectivity index (χ3n) is 5.11. The van der Waals surface area contributed by atoms with Gasteiger partial charge >= 0.3 is 0 Å². The number of thiocarbonyl (C=S) groups is 1. The first-order valence-electron chi connectivity index (χ1n) is 9.30. The summed E-state index contributed by atoms with van der Waals surface area (Å²) in [5.41, 5.74) is 5.02. The number of anilines is 1. The van der Waals surface area contributed by atoms with Crippen molar-refractivity contribution in [3.8, 4) is 17.4 Å². The van der Waals surface area contributed by atoms with Crippen molar-refractivity contribution in [1.82, 2.24) is 5.32 Å². The Hall–Kier alpha value is -2.95. The highest BCUT2D eigenvalue weighted by atomic mass is 32.1. The maximum Gasteiger partial charge on any atom is 0.293 e. The van der Waals surface area contributed by atoms with E-state index in [-0.39, 0.29) is 10.9 Å².